The van der Waals surface area contributed by atoms with Crippen LogP contribution in [-0.4, -0.2) is 45.6 Å². The fraction of sp³-hybridized carbons (Fsp3) is 0.429. The van der Waals surface area contributed by atoms with Crippen molar-refractivity contribution in [2.24, 2.45) is 0 Å². The van der Waals surface area contributed by atoms with E-state index >= 15 is 0 Å². The van der Waals surface area contributed by atoms with Gasteiger partial charge in [0.15, 0.2) is 0 Å². The minimum atomic E-state index is -0.948. The summed E-state index contributed by atoms with van der Waals surface area (Å²) < 4.78 is 13.6. The van der Waals surface area contributed by atoms with Gasteiger partial charge in [0, 0.05) is 30.9 Å². The number of carbonyl (C=O) groups excluding carboxylic acids is 2. The van der Waals surface area contributed by atoms with E-state index in [1.165, 1.54) is 19.3 Å². The van der Waals surface area contributed by atoms with Gasteiger partial charge in [0.25, 0.3) is 0 Å². The van der Waals surface area contributed by atoms with Crippen molar-refractivity contribution in [2.45, 2.75) is 83.9 Å². The summed E-state index contributed by atoms with van der Waals surface area (Å²) in [6.07, 6.45) is 9.47. The molecule has 1 saturated carbocycles. The second-order valence-electron chi connectivity index (χ2n) is 11.3. The molecule has 0 aliphatic heterocycles. The molecule has 0 saturated heterocycles. The van der Waals surface area contributed by atoms with E-state index in [2.05, 4.69) is 33.2 Å². The number of nitrogens with zero attached hydrogens (tertiary/aromatic N) is 3. The van der Waals surface area contributed by atoms with Crippen LogP contribution in [0.25, 0.3) is 11.0 Å². The van der Waals surface area contributed by atoms with Gasteiger partial charge in [-0.2, -0.15) is 0 Å². The Bertz CT molecular complexity index is 1510. The third-order valence-electron chi connectivity index (χ3n) is 7.98. The van der Waals surface area contributed by atoms with Gasteiger partial charge in [-0.3, -0.25) is 9.78 Å². The zero-order valence-corrected chi connectivity index (χ0v) is 25.8. The highest BCUT2D eigenvalue weighted by Gasteiger charge is 2.25. The van der Waals surface area contributed by atoms with Crippen LogP contribution in [-0.2, 0) is 27.3 Å². The van der Waals surface area contributed by atoms with Crippen molar-refractivity contribution in [1.82, 2.24) is 19.9 Å². The van der Waals surface area contributed by atoms with Crippen molar-refractivity contribution in [3.05, 3.63) is 83.9 Å². The van der Waals surface area contributed by atoms with Crippen LogP contribution in [0, 0.1) is 0 Å². The molecule has 44 heavy (non-hydrogen) atoms. The number of ether oxygens (including phenoxy) is 2. The Labute approximate surface area is 259 Å². The monoisotopic (exact) mass is 597 g/mol. The number of carbonyl (C=O) groups is 2. The highest BCUT2D eigenvalue weighted by atomic mass is 16.6. The molecule has 1 atom stereocenters. The molecule has 1 aliphatic carbocycles. The lowest BCUT2D eigenvalue weighted by molar-refractivity contribution is -0.152. The molecule has 2 N–H and O–H groups in total. The maximum absolute atomic E-state index is 12.7. The molecule has 9 heteroatoms. The van der Waals surface area contributed by atoms with Crippen molar-refractivity contribution in [2.75, 3.05) is 18.5 Å². The zero-order chi connectivity index (χ0) is 30.7. The molecule has 2 heterocycles. The summed E-state index contributed by atoms with van der Waals surface area (Å²) in [5.74, 6) is 1.14. The summed E-state index contributed by atoms with van der Waals surface area (Å²) in [6, 6.07) is 19.5. The third kappa shape index (κ3) is 8.15. The van der Waals surface area contributed by atoms with Gasteiger partial charge in [-0.1, -0.05) is 50.8 Å². The normalized spacial score (nSPS) is 14.2. The van der Waals surface area contributed by atoms with E-state index in [0.29, 0.717) is 24.0 Å². The average Bonchev–Trinajstić information content (AvgIpc) is 3.39. The number of nitrogens with one attached hydrogen (secondary N) is 2. The number of benzene rings is 2. The van der Waals surface area contributed by atoms with Gasteiger partial charge < -0.3 is 24.7 Å². The first-order valence-electron chi connectivity index (χ1n) is 15.9. The third-order valence-corrected chi connectivity index (χ3v) is 7.98. The first kappa shape index (κ1) is 31.0. The maximum Gasteiger partial charge on any atom is 0.353 e. The van der Waals surface area contributed by atoms with Gasteiger partial charge >= 0.3 is 5.97 Å². The van der Waals surface area contributed by atoms with Gasteiger partial charge in [0.1, 0.15) is 11.6 Å². The Hall–Kier alpha value is -4.40. The lowest BCUT2D eigenvalue weighted by atomic mass is 9.95. The molecule has 1 aliphatic rings. The molecule has 4 aromatic rings. The van der Waals surface area contributed by atoms with Crippen molar-refractivity contribution in [3.63, 3.8) is 0 Å². The first-order chi connectivity index (χ1) is 21.5. The van der Waals surface area contributed by atoms with E-state index < -0.39 is 12.1 Å². The summed E-state index contributed by atoms with van der Waals surface area (Å²) in [7, 11) is 0. The number of rotatable bonds is 14. The summed E-state index contributed by atoms with van der Waals surface area (Å²) in [4.78, 5) is 34.5. The molecule has 1 fully saturated rings. The van der Waals surface area contributed by atoms with Crippen molar-refractivity contribution in [1.29, 1.82) is 0 Å². The molecule has 2 aromatic carbocycles. The van der Waals surface area contributed by atoms with Crippen LogP contribution in [0.15, 0.2) is 66.9 Å². The van der Waals surface area contributed by atoms with E-state index in [-0.39, 0.29) is 19.1 Å². The number of imidazole rings is 1. The molecular formula is C35H43N5O4. The largest absolute Gasteiger partial charge is 0.472 e. The number of amides is 1. The summed E-state index contributed by atoms with van der Waals surface area (Å²) in [5, 5.41) is 6.49. The molecule has 1 unspecified atom stereocenters. The highest BCUT2D eigenvalue weighted by molar-refractivity contribution is 5.84. The molecule has 2 aromatic heterocycles. The Morgan fingerprint density at radius 2 is 1.84 bits per heavy atom. The summed E-state index contributed by atoms with van der Waals surface area (Å²) >= 11 is 0. The average molecular weight is 598 g/mol. The fourth-order valence-electron chi connectivity index (χ4n) is 5.66. The predicted molar refractivity (Wildman–Crippen MR) is 172 cm³/mol. The molecule has 5 rings (SSSR count). The Balaban J connectivity index is 1.31. The molecule has 9 nitrogen and oxygen atoms in total. The van der Waals surface area contributed by atoms with Gasteiger partial charge in [-0.15, -0.1) is 0 Å². The van der Waals surface area contributed by atoms with Crippen LogP contribution in [0.1, 0.15) is 82.0 Å². The second-order valence-corrected chi connectivity index (χ2v) is 11.3. The van der Waals surface area contributed by atoms with Crippen molar-refractivity contribution < 1.29 is 19.1 Å². The number of pyridine rings is 1. The molecule has 1 amide bonds. The van der Waals surface area contributed by atoms with E-state index in [1.807, 2.05) is 42.5 Å². The maximum atomic E-state index is 12.7. The quantitative estimate of drug-likeness (QED) is 0.163. The standard InChI is InChI=1S/C35H43N5O4/c1-3-5-14-32-39-29-20-17-27(37-23-33(41)38-26-11-7-6-8-12-26)22-31(29)40(32)24-25-15-18-28(19-16-25)44-34(35(42)43-4-2)30-13-9-10-21-36-30/h9-10,13,15-22,26,34,37H,3-8,11-12,14,23-24H2,1-2H3,(H,38,41). The first-order valence-corrected chi connectivity index (χ1v) is 15.9. The van der Waals surface area contributed by atoms with Crippen molar-refractivity contribution >= 4 is 28.6 Å². The number of aryl methyl sites for hydroxylation is 1. The predicted octanol–water partition coefficient (Wildman–Crippen LogP) is 6.37. The summed E-state index contributed by atoms with van der Waals surface area (Å²) in [6.45, 7) is 5.08. The fourth-order valence-corrected chi connectivity index (χ4v) is 5.66. The Morgan fingerprint density at radius 1 is 1.02 bits per heavy atom. The van der Waals surface area contributed by atoms with E-state index in [9.17, 15) is 9.59 Å². The number of unbranched alkanes of at least 4 members (excludes halogenated alkanes) is 1. The minimum absolute atomic E-state index is 0.0321. The lowest BCUT2D eigenvalue weighted by Gasteiger charge is -2.22. The van der Waals surface area contributed by atoms with Crippen LogP contribution in [0.3, 0.4) is 0 Å². The number of fused-ring (bicyclic) bond motifs is 1. The highest BCUT2D eigenvalue weighted by Crippen LogP contribution is 2.26. The van der Waals surface area contributed by atoms with Crippen LogP contribution in [0.2, 0.25) is 0 Å². The van der Waals surface area contributed by atoms with Crippen molar-refractivity contribution in [3.8, 4) is 5.75 Å². The topological polar surface area (TPSA) is 107 Å². The number of aromatic nitrogens is 3. The number of anilines is 1. The van der Waals surface area contributed by atoms with E-state index in [0.717, 1.165) is 60.2 Å². The number of esters is 1. The molecule has 0 spiro atoms. The van der Waals surface area contributed by atoms with Gasteiger partial charge in [-0.25, -0.2) is 9.78 Å². The molecule has 0 bridgehead atoms. The smallest absolute Gasteiger partial charge is 0.353 e. The number of hydrogen-bond acceptors (Lipinski definition) is 7. The minimum Gasteiger partial charge on any atom is -0.472 e. The van der Waals surface area contributed by atoms with Gasteiger partial charge in [-0.05, 0) is 74.2 Å². The summed E-state index contributed by atoms with van der Waals surface area (Å²) in [5.41, 5.74) is 4.41. The Morgan fingerprint density at radius 3 is 2.57 bits per heavy atom. The zero-order valence-electron chi connectivity index (χ0n) is 25.8. The van der Waals surface area contributed by atoms with Gasteiger partial charge in [0.05, 0.1) is 29.9 Å². The molecule has 232 valence electrons. The second kappa shape index (κ2) is 15.4. The van der Waals surface area contributed by atoms with Crippen LogP contribution >= 0.6 is 0 Å². The van der Waals surface area contributed by atoms with E-state index in [4.69, 9.17) is 14.5 Å². The van der Waals surface area contributed by atoms with Crippen LogP contribution in [0.4, 0.5) is 5.69 Å². The van der Waals surface area contributed by atoms with Gasteiger partial charge in [0.2, 0.25) is 12.0 Å². The van der Waals surface area contributed by atoms with E-state index in [1.54, 1.807) is 25.3 Å². The Kier molecular flexibility index (Phi) is 10.8. The molecular weight excluding hydrogens is 554 g/mol. The number of hydrogen-bond donors (Lipinski definition) is 2. The SMILES string of the molecule is CCCCc1nc2ccc(NCC(=O)NC3CCCCC3)cc2n1Cc1ccc(OC(C(=O)OCC)c2ccccn2)cc1. The lowest BCUT2D eigenvalue weighted by Crippen LogP contribution is -2.39. The molecule has 0 radical (unpaired) electrons. The van der Waals surface area contributed by atoms with Crippen LogP contribution in [0.5, 0.6) is 5.75 Å². The van der Waals surface area contributed by atoms with Crippen LogP contribution < -0.4 is 15.4 Å².